The minimum atomic E-state index is -4.45. The van der Waals surface area contributed by atoms with Crippen molar-refractivity contribution in [2.45, 2.75) is 32.0 Å². The second kappa shape index (κ2) is 8.38. The smallest absolute Gasteiger partial charge is 0.416 e. The summed E-state index contributed by atoms with van der Waals surface area (Å²) in [5.74, 6) is -1.16. The Morgan fingerprint density at radius 2 is 1.79 bits per heavy atom. The number of aromatic nitrogens is 1. The Bertz CT molecular complexity index is 1010. The monoisotopic (exact) mass is 404 g/mol. The standard InChI is InChI=1S/C21H19F3N2O3/c1-13(20(28)26-16-9-7-15(8-10-16)21(22,23)24)29-19(27)11-6-14-12-25-18-5-3-2-4-17(14)18/h2-5,7-10,12-13,25H,6,11H2,1H3,(H,26,28)/t13-/m1/s1. The Labute approximate surface area is 164 Å². The van der Waals surface area contributed by atoms with Crippen molar-refractivity contribution in [3.05, 3.63) is 65.9 Å². The lowest BCUT2D eigenvalue weighted by atomic mass is 10.1. The number of esters is 1. The molecule has 152 valence electrons. The molecule has 2 N–H and O–H groups in total. The number of carbonyl (C=O) groups is 2. The number of amides is 1. The first-order valence-electron chi connectivity index (χ1n) is 8.96. The fourth-order valence-electron chi connectivity index (χ4n) is 2.87. The summed E-state index contributed by atoms with van der Waals surface area (Å²) in [5.41, 5.74) is 1.32. The number of alkyl halides is 3. The number of aromatic amines is 1. The van der Waals surface area contributed by atoms with Crippen LogP contribution in [0.3, 0.4) is 0 Å². The van der Waals surface area contributed by atoms with Gasteiger partial charge in [-0.3, -0.25) is 9.59 Å². The van der Waals surface area contributed by atoms with Gasteiger partial charge in [-0.25, -0.2) is 0 Å². The van der Waals surface area contributed by atoms with Gasteiger partial charge in [-0.2, -0.15) is 13.2 Å². The molecule has 8 heteroatoms. The lowest BCUT2D eigenvalue weighted by molar-refractivity contribution is -0.153. The van der Waals surface area contributed by atoms with E-state index in [0.717, 1.165) is 40.7 Å². The van der Waals surface area contributed by atoms with E-state index in [4.69, 9.17) is 4.74 Å². The number of hydrogen-bond acceptors (Lipinski definition) is 3. The molecule has 0 aliphatic carbocycles. The number of fused-ring (bicyclic) bond motifs is 1. The lowest BCUT2D eigenvalue weighted by Crippen LogP contribution is -2.30. The van der Waals surface area contributed by atoms with Gasteiger partial charge in [0.1, 0.15) is 0 Å². The zero-order valence-electron chi connectivity index (χ0n) is 15.5. The number of H-pyrrole nitrogens is 1. The molecule has 3 rings (SSSR count). The summed E-state index contributed by atoms with van der Waals surface area (Å²) in [6, 6.07) is 11.7. The van der Waals surface area contributed by atoms with Crippen LogP contribution in [0.2, 0.25) is 0 Å². The Balaban J connectivity index is 1.50. The van der Waals surface area contributed by atoms with Gasteiger partial charge in [-0.05, 0) is 49.2 Å². The number of para-hydroxylation sites is 1. The highest BCUT2D eigenvalue weighted by Gasteiger charge is 2.30. The maximum absolute atomic E-state index is 12.6. The van der Waals surface area contributed by atoms with Gasteiger partial charge in [-0.1, -0.05) is 18.2 Å². The fourth-order valence-corrected chi connectivity index (χ4v) is 2.87. The molecular weight excluding hydrogens is 385 g/mol. The van der Waals surface area contributed by atoms with Crippen molar-refractivity contribution < 1.29 is 27.5 Å². The maximum Gasteiger partial charge on any atom is 0.416 e. The molecule has 1 atom stereocenters. The Hall–Kier alpha value is -3.29. The van der Waals surface area contributed by atoms with E-state index in [2.05, 4.69) is 10.3 Å². The summed E-state index contributed by atoms with van der Waals surface area (Å²) in [7, 11) is 0. The van der Waals surface area contributed by atoms with Gasteiger partial charge in [0.2, 0.25) is 0 Å². The molecule has 0 spiro atoms. The molecule has 0 fully saturated rings. The average Bonchev–Trinajstić information content (AvgIpc) is 3.09. The third-order valence-corrected chi connectivity index (χ3v) is 4.43. The van der Waals surface area contributed by atoms with E-state index in [-0.39, 0.29) is 12.1 Å². The number of aryl methyl sites for hydroxylation is 1. The summed E-state index contributed by atoms with van der Waals surface area (Å²) in [4.78, 5) is 27.3. The molecule has 0 bridgehead atoms. The highest BCUT2D eigenvalue weighted by Crippen LogP contribution is 2.29. The first-order valence-corrected chi connectivity index (χ1v) is 8.96. The van der Waals surface area contributed by atoms with E-state index in [1.807, 2.05) is 30.5 Å². The van der Waals surface area contributed by atoms with Gasteiger partial charge in [0.15, 0.2) is 6.10 Å². The minimum absolute atomic E-state index is 0.0970. The van der Waals surface area contributed by atoms with Crippen LogP contribution in [0.1, 0.15) is 24.5 Å². The molecular formula is C21H19F3N2O3. The van der Waals surface area contributed by atoms with E-state index in [0.29, 0.717) is 6.42 Å². The second-order valence-electron chi connectivity index (χ2n) is 6.56. The normalized spacial score (nSPS) is 12.6. The van der Waals surface area contributed by atoms with Crippen molar-refractivity contribution in [2.75, 3.05) is 5.32 Å². The topological polar surface area (TPSA) is 71.2 Å². The third kappa shape index (κ3) is 5.16. The van der Waals surface area contributed by atoms with Crippen molar-refractivity contribution >= 4 is 28.5 Å². The highest BCUT2D eigenvalue weighted by atomic mass is 19.4. The lowest BCUT2D eigenvalue weighted by Gasteiger charge is -2.14. The quantitative estimate of drug-likeness (QED) is 0.586. The summed E-state index contributed by atoms with van der Waals surface area (Å²) in [6.45, 7) is 1.41. The van der Waals surface area contributed by atoms with Crippen molar-refractivity contribution in [3.63, 3.8) is 0 Å². The van der Waals surface area contributed by atoms with Crippen LogP contribution < -0.4 is 5.32 Å². The van der Waals surface area contributed by atoms with Crippen LogP contribution in [0.25, 0.3) is 10.9 Å². The van der Waals surface area contributed by atoms with Gasteiger partial charge in [0.05, 0.1) is 5.56 Å². The number of benzene rings is 2. The van der Waals surface area contributed by atoms with E-state index < -0.39 is 29.7 Å². The summed E-state index contributed by atoms with van der Waals surface area (Å²) in [5, 5.41) is 3.45. The number of anilines is 1. The van der Waals surface area contributed by atoms with Crippen molar-refractivity contribution in [1.29, 1.82) is 0 Å². The Morgan fingerprint density at radius 1 is 1.10 bits per heavy atom. The molecule has 3 aromatic rings. The molecule has 2 aromatic carbocycles. The third-order valence-electron chi connectivity index (χ3n) is 4.43. The van der Waals surface area contributed by atoms with Gasteiger partial charge < -0.3 is 15.0 Å². The SMILES string of the molecule is C[C@@H](OC(=O)CCc1c[nH]c2ccccc12)C(=O)Nc1ccc(C(F)(F)F)cc1. The molecule has 29 heavy (non-hydrogen) atoms. The Morgan fingerprint density at radius 3 is 2.48 bits per heavy atom. The van der Waals surface area contributed by atoms with E-state index in [1.165, 1.54) is 6.92 Å². The molecule has 0 saturated heterocycles. The average molecular weight is 404 g/mol. The van der Waals surface area contributed by atoms with E-state index in [9.17, 15) is 22.8 Å². The number of hydrogen-bond donors (Lipinski definition) is 2. The zero-order chi connectivity index (χ0) is 21.0. The molecule has 0 unspecified atom stereocenters. The van der Waals surface area contributed by atoms with Crippen molar-refractivity contribution in [1.82, 2.24) is 4.98 Å². The van der Waals surface area contributed by atoms with Gasteiger partial charge in [0, 0.05) is 29.2 Å². The van der Waals surface area contributed by atoms with Crippen LogP contribution in [-0.4, -0.2) is 23.0 Å². The highest BCUT2D eigenvalue weighted by molar-refractivity contribution is 5.95. The molecule has 0 aliphatic rings. The summed E-state index contributed by atoms with van der Waals surface area (Å²) < 4.78 is 42.8. The first-order chi connectivity index (χ1) is 13.7. The Kier molecular flexibility index (Phi) is 5.91. The number of carbonyl (C=O) groups excluding carboxylic acids is 2. The van der Waals surface area contributed by atoms with Crippen LogP contribution in [0.15, 0.2) is 54.7 Å². The summed E-state index contributed by atoms with van der Waals surface area (Å²) in [6.07, 6.45) is -3.14. The number of rotatable bonds is 6. The van der Waals surface area contributed by atoms with Crippen molar-refractivity contribution in [2.24, 2.45) is 0 Å². The number of ether oxygens (including phenoxy) is 1. The van der Waals surface area contributed by atoms with Crippen LogP contribution in [-0.2, 0) is 26.9 Å². The molecule has 1 heterocycles. The zero-order valence-corrected chi connectivity index (χ0v) is 15.5. The predicted octanol–water partition coefficient (Wildman–Crippen LogP) is 4.69. The van der Waals surface area contributed by atoms with E-state index in [1.54, 1.807) is 0 Å². The predicted molar refractivity (Wildman–Crippen MR) is 102 cm³/mol. The molecule has 1 amide bonds. The second-order valence-corrected chi connectivity index (χ2v) is 6.56. The van der Waals surface area contributed by atoms with E-state index >= 15 is 0 Å². The number of halogens is 3. The maximum atomic E-state index is 12.6. The first kappa shape index (κ1) is 20.4. The number of nitrogens with one attached hydrogen (secondary N) is 2. The van der Waals surface area contributed by atoms with Gasteiger partial charge >= 0.3 is 12.1 Å². The van der Waals surface area contributed by atoms with Crippen molar-refractivity contribution in [3.8, 4) is 0 Å². The molecule has 0 saturated carbocycles. The minimum Gasteiger partial charge on any atom is -0.453 e. The summed E-state index contributed by atoms with van der Waals surface area (Å²) >= 11 is 0. The van der Waals surface area contributed by atoms with Crippen LogP contribution in [0.4, 0.5) is 18.9 Å². The molecule has 5 nitrogen and oxygen atoms in total. The van der Waals surface area contributed by atoms with Crippen LogP contribution in [0.5, 0.6) is 0 Å². The largest absolute Gasteiger partial charge is 0.453 e. The van der Waals surface area contributed by atoms with Gasteiger partial charge in [0.25, 0.3) is 5.91 Å². The van der Waals surface area contributed by atoms with Crippen LogP contribution in [0, 0.1) is 0 Å². The fraction of sp³-hybridized carbons (Fsp3) is 0.238. The van der Waals surface area contributed by atoms with Gasteiger partial charge in [-0.15, -0.1) is 0 Å². The van der Waals surface area contributed by atoms with Crippen LogP contribution >= 0.6 is 0 Å². The molecule has 0 aliphatic heterocycles. The molecule has 1 aromatic heterocycles. The molecule has 0 radical (unpaired) electrons.